The van der Waals surface area contributed by atoms with Gasteiger partial charge in [0.2, 0.25) is 11.8 Å². The predicted molar refractivity (Wildman–Crippen MR) is 176 cm³/mol. The van der Waals surface area contributed by atoms with Gasteiger partial charge in [-0.2, -0.15) is 0 Å². The summed E-state index contributed by atoms with van der Waals surface area (Å²) in [6, 6.07) is 26.3. The summed E-state index contributed by atoms with van der Waals surface area (Å²) in [5, 5.41) is 3.36. The molecule has 2 atom stereocenters. The normalized spacial score (nSPS) is 12.6. The van der Waals surface area contributed by atoms with Gasteiger partial charge in [-0.1, -0.05) is 78.7 Å². The first-order valence-electron chi connectivity index (χ1n) is 14.7. The third-order valence-electron chi connectivity index (χ3n) is 7.54. The Hall–Kier alpha value is -4.21. The molecule has 2 amide bonds. The number of benzene rings is 4. The molecule has 0 unspecified atom stereocenters. The third kappa shape index (κ3) is 8.93. The third-order valence-corrected chi connectivity index (χ3v) is 9.58. The maximum absolute atomic E-state index is 14.4. The van der Waals surface area contributed by atoms with Crippen LogP contribution in [0.15, 0.2) is 108 Å². The zero-order valence-electron chi connectivity index (χ0n) is 25.5. The molecule has 0 spiro atoms. The maximum Gasteiger partial charge on any atom is 0.264 e. The van der Waals surface area contributed by atoms with Gasteiger partial charge in [0.05, 0.1) is 10.6 Å². The van der Waals surface area contributed by atoms with Crippen LogP contribution < -0.4 is 9.62 Å². The first kappa shape index (κ1) is 33.7. The van der Waals surface area contributed by atoms with Crippen LogP contribution in [0.4, 0.5) is 10.1 Å². The number of carbonyl (C=O) groups is 2. The largest absolute Gasteiger partial charge is 0.352 e. The number of amides is 2. The summed E-state index contributed by atoms with van der Waals surface area (Å²) < 4.78 is 43.0. The molecule has 4 rings (SSSR count). The average molecular weight is 650 g/mol. The van der Waals surface area contributed by atoms with Crippen LogP contribution in [0.1, 0.15) is 37.0 Å². The van der Waals surface area contributed by atoms with Gasteiger partial charge in [0.15, 0.2) is 0 Å². The van der Waals surface area contributed by atoms with Crippen LogP contribution in [0.5, 0.6) is 0 Å². The van der Waals surface area contributed by atoms with E-state index in [9.17, 15) is 22.4 Å². The van der Waals surface area contributed by atoms with Crippen molar-refractivity contribution >= 4 is 39.1 Å². The fourth-order valence-electron chi connectivity index (χ4n) is 4.76. The highest BCUT2D eigenvalue weighted by molar-refractivity contribution is 7.92. The highest BCUT2D eigenvalue weighted by Gasteiger charge is 2.35. The fraction of sp³-hybridized carbons (Fsp3) is 0.257. The van der Waals surface area contributed by atoms with Gasteiger partial charge in [-0.05, 0) is 79.9 Å². The lowest BCUT2D eigenvalue weighted by Crippen LogP contribution is -2.54. The lowest BCUT2D eigenvalue weighted by Gasteiger charge is -2.34. The molecule has 0 saturated carbocycles. The molecule has 0 aliphatic rings. The monoisotopic (exact) mass is 649 g/mol. The van der Waals surface area contributed by atoms with E-state index in [0.717, 1.165) is 15.4 Å². The van der Waals surface area contributed by atoms with E-state index in [2.05, 4.69) is 5.32 Å². The van der Waals surface area contributed by atoms with Crippen LogP contribution in [-0.4, -0.2) is 43.8 Å². The van der Waals surface area contributed by atoms with Gasteiger partial charge in [0, 0.05) is 24.0 Å². The number of hydrogen-bond acceptors (Lipinski definition) is 4. The number of hydrogen-bond donors (Lipinski definition) is 1. The standard InChI is InChI=1S/C35H37ClFN3O4S/c1-4-26(3)38-35(42)33(22-27-8-6-5-7-9-27)39(23-28-12-16-30(37)17-13-28)34(41)24-40(31-18-10-25(2)11-19-31)45(43,44)32-20-14-29(36)15-21-32/h5-21,26,33H,4,22-24H2,1-3H3,(H,38,42)/t26-,33+/m0/s1. The number of halogens is 2. The Bertz CT molecular complexity index is 1680. The highest BCUT2D eigenvalue weighted by Crippen LogP contribution is 2.26. The summed E-state index contributed by atoms with van der Waals surface area (Å²) in [4.78, 5) is 29.6. The predicted octanol–water partition coefficient (Wildman–Crippen LogP) is 6.54. The first-order chi connectivity index (χ1) is 21.5. The van der Waals surface area contributed by atoms with Crippen molar-refractivity contribution in [1.29, 1.82) is 0 Å². The molecule has 0 saturated heterocycles. The summed E-state index contributed by atoms with van der Waals surface area (Å²) in [7, 11) is -4.24. The molecule has 4 aromatic rings. The van der Waals surface area contributed by atoms with Gasteiger partial charge >= 0.3 is 0 Å². The van der Waals surface area contributed by atoms with Crippen molar-refractivity contribution in [2.24, 2.45) is 0 Å². The van der Waals surface area contributed by atoms with Crippen molar-refractivity contribution in [2.75, 3.05) is 10.8 Å². The molecule has 1 N–H and O–H groups in total. The molecule has 0 aliphatic carbocycles. The minimum atomic E-state index is -4.24. The van der Waals surface area contributed by atoms with Crippen LogP contribution in [-0.2, 0) is 32.6 Å². The number of nitrogens with one attached hydrogen (secondary N) is 1. The van der Waals surface area contributed by atoms with Crippen molar-refractivity contribution in [2.45, 2.75) is 57.1 Å². The van der Waals surface area contributed by atoms with Crippen molar-refractivity contribution in [3.63, 3.8) is 0 Å². The molecule has 0 heterocycles. The quantitative estimate of drug-likeness (QED) is 0.178. The molecule has 4 aromatic carbocycles. The van der Waals surface area contributed by atoms with Crippen molar-refractivity contribution in [3.05, 3.63) is 131 Å². The molecule has 0 radical (unpaired) electrons. The Morgan fingerprint density at radius 2 is 1.49 bits per heavy atom. The second-order valence-corrected chi connectivity index (χ2v) is 13.3. The van der Waals surface area contributed by atoms with Crippen LogP contribution >= 0.6 is 11.6 Å². The lowest BCUT2D eigenvalue weighted by atomic mass is 10.0. The van der Waals surface area contributed by atoms with Gasteiger partial charge in [-0.3, -0.25) is 13.9 Å². The molecule has 0 aliphatic heterocycles. The first-order valence-corrected chi connectivity index (χ1v) is 16.5. The molecule has 45 heavy (non-hydrogen) atoms. The Kier molecular flexibility index (Phi) is 11.4. The molecule has 7 nitrogen and oxygen atoms in total. The van der Waals surface area contributed by atoms with Crippen LogP contribution in [0.3, 0.4) is 0 Å². The van der Waals surface area contributed by atoms with Gasteiger partial charge < -0.3 is 10.2 Å². The Morgan fingerprint density at radius 1 is 0.867 bits per heavy atom. The molecule has 0 fully saturated rings. The Labute approximate surface area is 269 Å². The van der Waals surface area contributed by atoms with E-state index in [1.54, 1.807) is 36.4 Å². The molecule has 236 valence electrons. The van der Waals surface area contributed by atoms with Crippen molar-refractivity contribution in [1.82, 2.24) is 10.2 Å². The number of rotatable bonds is 13. The molecule has 10 heteroatoms. The number of sulfonamides is 1. The van der Waals surface area contributed by atoms with Gasteiger partial charge in [-0.25, -0.2) is 12.8 Å². The molecular formula is C35H37ClFN3O4S. The Balaban J connectivity index is 1.80. The summed E-state index contributed by atoms with van der Waals surface area (Å²) >= 11 is 6.04. The molecule has 0 aromatic heterocycles. The zero-order valence-corrected chi connectivity index (χ0v) is 27.1. The van der Waals surface area contributed by atoms with Crippen LogP contribution in [0.2, 0.25) is 5.02 Å². The van der Waals surface area contributed by atoms with E-state index < -0.39 is 34.3 Å². The van der Waals surface area contributed by atoms with E-state index in [1.165, 1.54) is 41.3 Å². The second kappa shape index (κ2) is 15.2. The smallest absolute Gasteiger partial charge is 0.264 e. The number of anilines is 1. The zero-order chi connectivity index (χ0) is 32.6. The van der Waals surface area contributed by atoms with Crippen molar-refractivity contribution < 1.29 is 22.4 Å². The topological polar surface area (TPSA) is 86.8 Å². The van der Waals surface area contributed by atoms with E-state index in [4.69, 9.17) is 11.6 Å². The summed E-state index contributed by atoms with van der Waals surface area (Å²) in [5.41, 5.74) is 2.61. The number of nitrogens with zero attached hydrogens (tertiary/aromatic N) is 2. The van der Waals surface area contributed by atoms with Gasteiger partial charge in [-0.15, -0.1) is 0 Å². The van der Waals surface area contributed by atoms with Crippen LogP contribution in [0, 0.1) is 12.7 Å². The highest BCUT2D eigenvalue weighted by atomic mass is 35.5. The van der Waals surface area contributed by atoms with E-state index in [0.29, 0.717) is 17.0 Å². The summed E-state index contributed by atoms with van der Waals surface area (Å²) in [6.45, 7) is 5.06. The summed E-state index contributed by atoms with van der Waals surface area (Å²) in [6.07, 6.45) is 0.862. The maximum atomic E-state index is 14.4. The number of aryl methyl sites for hydroxylation is 1. The van der Waals surface area contributed by atoms with Gasteiger partial charge in [0.25, 0.3) is 10.0 Å². The van der Waals surface area contributed by atoms with E-state index in [1.807, 2.05) is 51.1 Å². The second-order valence-electron chi connectivity index (χ2n) is 11.0. The minimum absolute atomic E-state index is 0.0410. The number of carbonyl (C=O) groups excluding carboxylic acids is 2. The Morgan fingerprint density at radius 3 is 2.09 bits per heavy atom. The fourth-order valence-corrected chi connectivity index (χ4v) is 6.30. The van der Waals surface area contributed by atoms with Gasteiger partial charge in [0.1, 0.15) is 18.4 Å². The average Bonchev–Trinajstić information content (AvgIpc) is 3.03. The van der Waals surface area contributed by atoms with E-state index >= 15 is 0 Å². The minimum Gasteiger partial charge on any atom is -0.352 e. The van der Waals surface area contributed by atoms with Crippen LogP contribution in [0.25, 0.3) is 0 Å². The molecule has 0 bridgehead atoms. The van der Waals surface area contributed by atoms with Crippen molar-refractivity contribution in [3.8, 4) is 0 Å². The SMILES string of the molecule is CC[C@H](C)NC(=O)[C@@H](Cc1ccccc1)N(Cc1ccc(F)cc1)C(=O)CN(c1ccc(C)cc1)S(=O)(=O)c1ccc(Cl)cc1. The summed E-state index contributed by atoms with van der Waals surface area (Å²) in [5.74, 6) is -1.41. The van der Waals surface area contributed by atoms with E-state index in [-0.39, 0.29) is 35.5 Å². The molecular weight excluding hydrogens is 613 g/mol. The lowest BCUT2D eigenvalue weighted by molar-refractivity contribution is -0.140.